The van der Waals surface area contributed by atoms with Crippen molar-refractivity contribution < 1.29 is 22.7 Å². The van der Waals surface area contributed by atoms with Crippen LogP contribution >= 0.6 is 11.6 Å². The number of rotatable bonds is 6. The van der Waals surface area contributed by atoms with Crippen LogP contribution in [0.5, 0.6) is 0 Å². The molecule has 1 fully saturated rings. The van der Waals surface area contributed by atoms with Gasteiger partial charge in [0.15, 0.2) is 12.4 Å². The van der Waals surface area contributed by atoms with E-state index in [0.29, 0.717) is 18.7 Å². The summed E-state index contributed by atoms with van der Waals surface area (Å²) in [6, 6.07) is 17.6. The summed E-state index contributed by atoms with van der Waals surface area (Å²) in [5, 5.41) is 0.0410. The van der Waals surface area contributed by atoms with Crippen molar-refractivity contribution in [3.05, 3.63) is 87.9 Å². The number of carbonyl (C=O) groups excluding carboxylic acids is 2. The van der Waals surface area contributed by atoms with E-state index in [1.165, 1.54) is 28.1 Å². The van der Waals surface area contributed by atoms with Crippen LogP contribution in [0.1, 0.15) is 51.6 Å². The van der Waals surface area contributed by atoms with Gasteiger partial charge < -0.3 is 4.74 Å². The van der Waals surface area contributed by atoms with Crippen molar-refractivity contribution in [2.45, 2.75) is 31.1 Å². The van der Waals surface area contributed by atoms with Crippen LogP contribution in [0.15, 0.2) is 65.6 Å². The van der Waals surface area contributed by atoms with Gasteiger partial charge in [0.2, 0.25) is 10.0 Å². The number of halogens is 1. The van der Waals surface area contributed by atoms with E-state index in [2.05, 4.69) is 6.07 Å². The van der Waals surface area contributed by atoms with Gasteiger partial charge in [-0.3, -0.25) is 4.79 Å². The summed E-state index contributed by atoms with van der Waals surface area (Å²) in [7, 11) is -3.86. The molecular weight excluding hydrogens is 498 g/mol. The quantitative estimate of drug-likeness (QED) is 0.251. The number of hydrogen-bond acceptors (Lipinski definition) is 5. The lowest BCUT2D eigenvalue weighted by atomic mass is 10.0. The van der Waals surface area contributed by atoms with Crippen LogP contribution in [0.4, 0.5) is 0 Å². The first-order chi connectivity index (χ1) is 17.2. The highest BCUT2D eigenvalue weighted by atomic mass is 35.5. The molecule has 1 heterocycles. The SMILES string of the molecule is C[C@@H]1CCCN(S(=O)(=O)c2cc(C(=O)OCC(=O)c3ccc4c(c3)-c3ccccc3C4)ccc2Cl)C1. The Bertz CT molecular complexity index is 1470. The number of esters is 1. The van der Waals surface area contributed by atoms with Gasteiger partial charge in [0.1, 0.15) is 4.90 Å². The number of sulfonamides is 1. The molecule has 0 unspecified atom stereocenters. The third-order valence-electron chi connectivity index (χ3n) is 6.86. The van der Waals surface area contributed by atoms with Crippen molar-refractivity contribution in [2.75, 3.05) is 19.7 Å². The van der Waals surface area contributed by atoms with E-state index < -0.39 is 22.6 Å². The van der Waals surface area contributed by atoms with Crippen LogP contribution in [0.2, 0.25) is 5.02 Å². The summed E-state index contributed by atoms with van der Waals surface area (Å²) in [4.78, 5) is 25.4. The Morgan fingerprint density at radius 1 is 1.00 bits per heavy atom. The molecule has 0 radical (unpaired) electrons. The van der Waals surface area contributed by atoms with Crippen LogP contribution in [-0.4, -0.2) is 44.2 Å². The van der Waals surface area contributed by atoms with Gasteiger partial charge in [-0.05, 0) is 71.7 Å². The van der Waals surface area contributed by atoms with Crippen molar-refractivity contribution in [2.24, 2.45) is 5.92 Å². The molecule has 6 nitrogen and oxygen atoms in total. The summed E-state index contributed by atoms with van der Waals surface area (Å²) in [5.41, 5.74) is 4.98. The van der Waals surface area contributed by atoms with Gasteiger partial charge in [0.25, 0.3) is 0 Å². The fraction of sp³-hybridized carbons (Fsp3) is 0.286. The molecule has 186 valence electrons. The van der Waals surface area contributed by atoms with E-state index in [4.69, 9.17) is 16.3 Å². The van der Waals surface area contributed by atoms with Gasteiger partial charge in [0.05, 0.1) is 10.6 Å². The minimum Gasteiger partial charge on any atom is -0.454 e. The summed E-state index contributed by atoms with van der Waals surface area (Å²) in [6.45, 7) is 2.38. The second-order valence-corrected chi connectivity index (χ2v) is 11.8. The lowest BCUT2D eigenvalue weighted by Gasteiger charge is -2.30. The molecule has 0 bridgehead atoms. The molecule has 3 aromatic carbocycles. The number of piperidine rings is 1. The number of ether oxygens (including phenoxy) is 1. The van der Waals surface area contributed by atoms with E-state index in [-0.39, 0.29) is 27.2 Å². The molecule has 0 N–H and O–H groups in total. The first kappa shape index (κ1) is 24.7. The maximum absolute atomic E-state index is 13.2. The van der Waals surface area contributed by atoms with Gasteiger partial charge in [-0.25, -0.2) is 13.2 Å². The zero-order valence-electron chi connectivity index (χ0n) is 19.9. The van der Waals surface area contributed by atoms with Crippen molar-refractivity contribution in [3.63, 3.8) is 0 Å². The topological polar surface area (TPSA) is 80.8 Å². The van der Waals surface area contributed by atoms with Gasteiger partial charge in [0, 0.05) is 18.7 Å². The van der Waals surface area contributed by atoms with E-state index in [9.17, 15) is 18.0 Å². The number of hydrogen-bond donors (Lipinski definition) is 0. The Labute approximate surface area is 215 Å². The van der Waals surface area contributed by atoms with Crippen LogP contribution in [0.25, 0.3) is 11.1 Å². The fourth-order valence-corrected chi connectivity index (χ4v) is 7.03. The summed E-state index contributed by atoms with van der Waals surface area (Å²) < 4.78 is 33.1. The Morgan fingerprint density at radius 3 is 2.56 bits per heavy atom. The van der Waals surface area contributed by atoms with Crippen molar-refractivity contribution >= 4 is 33.4 Å². The smallest absolute Gasteiger partial charge is 0.338 e. The predicted molar refractivity (Wildman–Crippen MR) is 138 cm³/mol. The maximum Gasteiger partial charge on any atom is 0.338 e. The average molecular weight is 524 g/mol. The van der Waals surface area contributed by atoms with Crippen LogP contribution in [0, 0.1) is 5.92 Å². The third-order valence-corrected chi connectivity index (χ3v) is 9.21. The number of Topliss-reactive ketones (excluding diaryl/α,β-unsaturated/α-hetero) is 1. The monoisotopic (exact) mass is 523 g/mol. The van der Waals surface area contributed by atoms with Crippen LogP contribution < -0.4 is 0 Å². The van der Waals surface area contributed by atoms with E-state index in [1.54, 1.807) is 6.07 Å². The molecule has 1 atom stereocenters. The van der Waals surface area contributed by atoms with E-state index in [0.717, 1.165) is 36.0 Å². The highest BCUT2D eigenvalue weighted by Crippen LogP contribution is 2.37. The van der Waals surface area contributed by atoms with E-state index >= 15 is 0 Å². The van der Waals surface area contributed by atoms with Gasteiger partial charge in [-0.15, -0.1) is 0 Å². The fourth-order valence-electron chi connectivity index (χ4n) is 4.93. The Balaban J connectivity index is 1.30. The summed E-state index contributed by atoms with van der Waals surface area (Å²) >= 11 is 6.22. The molecule has 1 aliphatic heterocycles. The summed E-state index contributed by atoms with van der Waals surface area (Å²) in [5.74, 6) is -0.867. The lowest BCUT2D eigenvalue weighted by Crippen LogP contribution is -2.39. The minimum absolute atomic E-state index is 0.0266. The molecule has 3 aromatic rings. The highest BCUT2D eigenvalue weighted by Gasteiger charge is 2.31. The molecule has 8 heteroatoms. The number of benzene rings is 3. The zero-order chi connectivity index (χ0) is 25.4. The van der Waals surface area contributed by atoms with Crippen molar-refractivity contribution in [1.82, 2.24) is 4.31 Å². The van der Waals surface area contributed by atoms with Gasteiger partial charge >= 0.3 is 5.97 Å². The number of fused-ring (bicyclic) bond motifs is 3. The van der Waals surface area contributed by atoms with Crippen LogP contribution in [-0.2, 0) is 21.2 Å². The molecule has 0 saturated carbocycles. The Kier molecular flexibility index (Phi) is 6.72. The first-order valence-corrected chi connectivity index (χ1v) is 13.8. The predicted octanol–water partition coefficient (Wildman–Crippen LogP) is 5.37. The first-order valence-electron chi connectivity index (χ1n) is 12.0. The Morgan fingerprint density at radius 2 is 1.75 bits per heavy atom. The molecule has 2 aliphatic rings. The third kappa shape index (κ3) is 4.71. The molecule has 36 heavy (non-hydrogen) atoms. The molecule has 0 spiro atoms. The molecule has 0 amide bonds. The molecular formula is C28H26ClNO5S. The Hall–Kier alpha value is -3.00. The number of ketones is 1. The van der Waals surface area contributed by atoms with Gasteiger partial charge in [-0.2, -0.15) is 4.31 Å². The van der Waals surface area contributed by atoms with Crippen LogP contribution in [0.3, 0.4) is 0 Å². The largest absolute Gasteiger partial charge is 0.454 e. The van der Waals surface area contributed by atoms with E-state index in [1.807, 2.05) is 37.3 Å². The van der Waals surface area contributed by atoms with Gasteiger partial charge in [-0.1, -0.05) is 54.9 Å². The standard InChI is InChI=1S/C28H26ClNO5S/c1-18-5-4-12-30(16-18)36(33,34)27-15-22(10-11-25(27)29)28(32)35-17-26(31)21-9-8-20-13-19-6-2-3-7-23(19)24(20)14-21/h2-3,6-11,14-15,18H,4-5,12-13,16-17H2,1H3/t18-/m1/s1. The second kappa shape index (κ2) is 9.81. The maximum atomic E-state index is 13.2. The minimum atomic E-state index is -3.86. The average Bonchev–Trinajstić information content (AvgIpc) is 3.25. The number of nitrogens with zero attached hydrogens (tertiary/aromatic N) is 1. The highest BCUT2D eigenvalue weighted by molar-refractivity contribution is 7.89. The zero-order valence-corrected chi connectivity index (χ0v) is 21.4. The molecule has 1 saturated heterocycles. The van der Waals surface area contributed by atoms with Crippen molar-refractivity contribution in [1.29, 1.82) is 0 Å². The number of carbonyl (C=O) groups is 2. The second-order valence-electron chi connectivity index (χ2n) is 9.46. The summed E-state index contributed by atoms with van der Waals surface area (Å²) in [6.07, 6.45) is 2.57. The normalized spacial score (nSPS) is 17.3. The molecule has 5 rings (SSSR count). The molecule has 0 aromatic heterocycles. The lowest BCUT2D eigenvalue weighted by molar-refractivity contribution is 0.0474. The molecule has 1 aliphatic carbocycles. The van der Waals surface area contributed by atoms with Crippen molar-refractivity contribution in [3.8, 4) is 11.1 Å².